The van der Waals surface area contributed by atoms with Gasteiger partial charge < -0.3 is 106 Å². The van der Waals surface area contributed by atoms with Crippen LogP contribution < -0.4 is 69.0 Å². The van der Waals surface area contributed by atoms with Gasteiger partial charge in [0.1, 0.15) is 85.3 Å². The number of hydrogen-bond donors (Lipinski definition) is 11. The Kier molecular flexibility index (Phi) is 33.8. The molecule has 29 heteroatoms. The van der Waals surface area contributed by atoms with Crippen LogP contribution in [0.2, 0.25) is 0 Å². The number of nitrogens with zero attached hydrogens (tertiary/aromatic N) is 18. The third kappa shape index (κ3) is 24.9. The lowest BCUT2D eigenvalue weighted by atomic mass is 10.2. The van der Waals surface area contributed by atoms with Gasteiger partial charge in [-0.3, -0.25) is 0 Å². The number of aryl methyl sites for hydroxylation is 3. The predicted molar refractivity (Wildman–Crippen MR) is 429 cm³/mol. The Morgan fingerprint density at radius 1 is 0.356 bits per heavy atom. The fourth-order valence-electron chi connectivity index (χ4n) is 10.9. The molecule has 0 atom stereocenters. The van der Waals surface area contributed by atoms with Gasteiger partial charge in [-0.2, -0.15) is 0 Å². The van der Waals surface area contributed by atoms with Gasteiger partial charge in [-0.05, 0) is 92.8 Å². The molecule has 0 amide bonds. The van der Waals surface area contributed by atoms with Crippen LogP contribution in [-0.4, -0.2) is 171 Å². The minimum absolute atomic E-state index is 0. The summed E-state index contributed by atoms with van der Waals surface area (Å²) in [6.45, 7) is 9.98. The summed E-state index contributed by atoms with van der Waals surface area (Å²) in [6.07, 6.45) is 34.6. The number of nitrogens with one attached hydrogen (secondary N) is 5. The molecule has 0 bridgehead atoms. The van der Waals surface area contributed by atoms with Crippen LogP contribution in [0.25, 0.3) is 27.6 Å². The average Bonchev–Trinajstić information content (AvgIpc) is 1.70. The lowest BCUT2D eigenvalue weighted by molar-refractivity contribution is -0.870. The molecule has 0 saturated carbocycles. The van der Waals surface area contributed by atoms with E-state index < -0.39 is 0 Å². The van der Waals surface area contributed by atoms with E-state index in [1.807, 2.05) is 202 Å². The van der Waals surface area contributed by atoms with Crippen molar-refractivity contribution in [1.82, 2.24) is 61.8 Å². The molecule has 0 saturated heterocycles. The minimum Gasteiger partial charge on any atom is -0.394 e. The summed E-state index contributed by atoms with van der Waals surface area (Å²) in [6, 6.07) is 29.3. The zero-order valence-electron chi connectivity index (χ0n) is 63.9. The molecule has 0 aromatic carbocycles. The number of aliphatic hydroxyl groups is 1. The Bertz CT molecular complexity index is 4570. The molecule has 13 heterocycles. The Morgan fingerprint density at radius 2 is 0.644 bits per heavy atom. The zero-order chi connectivity index (χ0) is 70.3. The van der Waals surface area contributed by atoms with Crippen molar-refractivity contribution in [3.05, 3.63) is 215 Å². The van der Waals surface area contributed by atoms with Gasteiger partial charge in [-0.25, -0.2) is 50.0 Å². The van der Waals surface area contributed by atoms with Crippen molar-refractivity contribution < 1.29 is 27.8 Å². The number of quaternary nitrogens is 2. The lowest BCUT2D eigenvalue weighted by Crippen LogP contribution is -2.35. The topological polar surface area (TPSA) is 323 Å². The fraction of sp³-hybridized carbons (Fsp3) is 0.347. The molecule has 104 heavy (non-hydrogen) atoms. The van der Waals surface area contributed by atoms with E-state index in [2.05, 4.69) is 121 Å². The van der Waals surface area contributed by atoms with Gasteiger partial charge in [0.15, 0.2) is 29.1 Å². The number of fused-ring (bicyclic) bond motifs is 5. The van der Waals surface area contributed by atoms with E-state index in [1.165, 1.54) is 32.4 Å². The molecule has 0 spiro atoms. The van der Waals surface area contributed by atoms with Gasteiger partial charge in [-0.1, -0.05) is 30.3 Å². The van der Waals surface area contributed by atoms with E-state index in [1.54, 1.807) is 13.5 Å². The molecule has 13 aromatic rings. The second-order valence-corrected chi connectivity index (χ2v) is 26.5. The van der Waals surface area contributed by atoms with E-state index >= 15 is 0 Å². The first kappa shape index (κ1) is 85.4. The van der Waals surface area contributed by atoms with Crippen LogP contribution in [-0.2, 0) is 40.3 Å². The van der Waals surface area contributed by atoms with E-state index in [9.17, 15) is 0 Å². The zero-order valence-corrected chi connectivity index (χ0v) is 63.9. The van der Waals surface area contributed by atoms with E-state index in [0.717, 1.165) is 143 Å². The Morgan fingerprint density at radius 3 is 0.952 bits per heavy atom. The van der Waals surface area contributed by atoms with Crippen LogP contribution in [0.15, 0.2) is 178 Å². The fourth-order valence-corrected chi connectivity index (χ4v) is 10.9. The number of aliphatic hydroxyl groups excluding tert-OH is 1. The quantitative estimate of drug-likeness (QED) is 0.00955. The maximum Gasteiger partial charge on any atom is 0.243 e. The van der Waals surface area contributed by atoms with E-state index in [-0.39, 0.29) is 43.7 Å². The maximum absolute atomic E-state index is 8.89. The number of hydrogen-bond acceptors (Lipinski definition) is 16. The largest absolute Gasteiger partial charge is 0.394 e. The van der Waals surface area contributed by atoms with Gasteiger partial charge in [-0.15, -0.1) is 25.5 Å². The number of anilines is 10. The number of nitrogen functional groups attached to an aromatic ring is 5. The molecule has 13 rings (SSSR count). The standard InChI is InChI=1S/C15H26N5.C14H19N6O.C14H19N6.C14H24N5.C13H17N6.5CH3/c1-20(2,3)12-8-4-6-10-17-15-14(16)13-9-5-7-11-19(13)18-15;15-13-12-3-1-2-5-20(12)17-14(13)16-4-6-18-7-8-19(11-18)9-10-21;1-18-9-10-19(11-18)7-4-6-16-14-13(15)12-5-2-3-8-20(12)17-14;1-19(2,3)11-7-5-9-16-14-13(15)12-8-4-6-10-18(12)17-14;1-17-8-9-18(10-17)7-5-15-13-12(14)11-4-2-3-6-19(11)16-13;;;;;/h5,7,9,11H,4,6,8,10,12,16H2,1-3H3,(H,17,18);1-3,5,7-8,11,21H,4,6,9-10,15H2,(H,16,17);2-3,5,8-11H,4,6-7,15H2,1H3,(H,16,17);4,6,8,10H,5,7,9,11,15H2,1-3H3,(H,16,17);2-4,6,8-10H,5,7,14H2,1H3,(H,15,16);5*1H3/q5*+1;5*-1. The van der Waals surface area contributed by atoms with Crippen molar-refractivity contribution >= 4 is 85.1 Å². The first-order valence-corrected chi connectivity index (χ1v) is 33.8. The van der Waals surface area contributed by atoms with Crippen LogP contribution >= 0.6 is 0 Å². The summed E-state index contributed by atoms with van der Waals surface area (Å²) in [5.41, 5.74) is 38.6. The molecule has 13 aromatic heterocycles. The molecule has 0 fully saturated rings. The van der Waals surface area contributed by atoms with Crippen molar-refractivity contribution in [2.24, 2.45) is 14.1 Å². The summed E-state index contributed by atoms with van der Waals surface area (Å²) in [4.78, 5) is 0. The molecule has 0 aliphatic carbocycles. The van der Waals surface area contributed by atoms with Crippen molar-refractivity contribution in [2.75, 3.05) is 150 Å². The lowest BCUT2D eigenvalue weighted by Gasteiger charge is -2.23. The van der Waals surface area contributed by atoms with Crippen LogP contribution in [0.1, 0.15) is 38.5 Å². The summed E-state index contributed by atoms with van der Waals surface area (Å²) in [7, 11) is 17.4. The van der Waals surface area contributed by atoms with Gasteiger partial charge in [0, 0.05) is 57.0 Å². The molecule has 0 aliphatic heterocycles. The predicted octanol–water partition coefficient (Wildman–Crippen LogP) is 8.08. The SMILES string of the molecule is C[N+](C)(C)CCCCCNc1nn2ccccc2c1N.C[N+](C)(C)CCCCNc1nn2ccccc2c1N.C[n+]1ccn(CCCNc2nn3ccccc3c2N)c1.C[n+]1ccn(CCNc2nn3ccccc3c2N)c1.Nc1c(NCCn2cc[n+](CCO)c2)nn2ccccc12.[CH3-].[CH3-].[CH3-].[CH3-].[CH3-]. The van der Waals surface area contributed by atoms with Crippen LogP contribution in [0.5, 0.6) is 0 Å². The Hall–Kier alpha value is -11.0. The highest BCUT2D eigenvalue weighted by Gasteiger charge is 2.15. The third-order valence-corrected chi connectivity index (χ3v) is 16.2. The van der Waals surface area contributed by atoms with E-state index in [0.29, 0.717) is 29.4 Å². The van der Waals surface area contributed by atoms with Gasteiger partial charge in [0.05, 0.1) is 123 Å². The number of pyridine rings is 5. The van der Waals surface area contributed by atoms with Gasteiger partial charge in [0.2, 0.25) is 19.0 Å². The Labute approximate surface area is 615 Å². The van der Waals surface area contributed by atoms with Gasteiger partial charge >= 0.3 is 0 Å². The van der Waals surface area contributed by atoms with Crippen LogP contribution in [0.4, 0.5) is 57.5 Å². The summed E-state index contributed by atoms with van der Waals surface area (Å²) in [5, 5.41) is 47.5. The molecular formula is C75H120N28O. The third-order valence-electron chi connectivity index (χ3n) is 16.2. The second-order valence-electron chi connectivity index (χ2n) is 26.5. The maximum atomic E-state index is 8.89. The van der Waals surface area contributed by atoms with Crippen molar-refractivity contribution in [3.63, 3.8) is 0 Å². The smallest absolute Gasteiger partial charge is 0.243 e. The summed E-state index contributed by atoms with van der Waals surface area (Å²) >= 11 is 0. The molecule has 0 unspecified atom stereocenters. The second kappa shape index (κ2) is 41.2. The first-order valence-electron chi connectivity index (χ1n) is 33.8. The highest BCUT2D eigenvalue weighted by molar-refractivity contribution is 5.83. The summed E-state index contributed by atoms with van der Waals surface area (Å²) < 4.78 is 23.3. The highest BCUT2D eigenvalue weighted by Crippen LogP contribution is 2.26. The number of imidazole rings is 3. The van der Waals surface area contributed by atoms with Crippen LogP contribution in [0.3, 0.4) is 0 Å². The molecule has 16 N–H and O–H groups in total. The number of nitrogens with two attached hydrogens (primary N) is 5. The molecule has 29 nitrogen and oxygen atoms in total. The van der Waals surface area contributed by atoms with Crippen molar-refractivity contribution in [3.8, 4) is 0 Å². The van der Waals surface area contributed by atoms with Crippen LogP contribution in [0, 0.1) is 37.1 Å². The molecular weight excluding hydrogens is 1310 g/mol. The van der Waals surface area contributed by atoms with Crippen molar-refractivity contribution in [1.29, 1.82) is 0 Å². The van der Waals surface area contributed by atoms with E-state index in [4.69, 9.17) is 33.8 Å². The minimum atomic E-state index is 0. The molecule has 0 radical (unpaired) electrons. The number of unbranched alkanes of at least 4 members (excludes halogenated alkanes) is 3. The molecule has 0 aliphatic rings. The Balaban J connectivity index is 0.000000272. The van der Waals surface area contributed by atoms with Gasteiger partial charge in [0.25, 0.3) is 0 Å². The normalized spacial score (nSPS) is 10.9. The first-order chi connectivity index (χ1) is 47.7. The highest BCUT2D eigenvalue weighted by atomic mass is 16.3. The average molecular weight is 1430 g/mol. The number of rotatable bonds is 28. The number of aromatic nitrogens is 16. The van der Waals surface area contributed by atoms with Crippen molar-refractivity contribution in [2.45, 2.75) is 64.7 Å². The monoisotopic (exact) mass is 1430 g/mol. The summed E-state index contributed by atoms with van der Waals surface area (Å²) in [5.74, 6) is 3.79. The molecule has 566 valence electrons.